The maximum Gasteiger partial charge on any atom is 0.150 e. The second kappa shape index (κ2) is 6.84. The number of hydrogen-bond acceptors (Lipinski definition) is 4. The summed E-state index contributed by atoms with van der Waals surface area (Å²) in [7, 11) is 0. The van der Waals surface area contributed by atoms with Crippen molar-refractivity contribution < 1.29 is 0 Å². The van der Waals surface area contributed by atoms with Crippen molar-refractivity contribution in [2.45, 2.75) is 13.0 Å². The third-order valence-corrected chi connectivity index (χ3v) is 4.50. The molecule has 0 aliphatic rings. The summed E-state index contributed by atoms with van der Waals surface area (Å²) < 4.78 is 0. The number of nitrogens with one attached hydrogen (secondary N) is 1. The highest BCUT2D eigenvalue weighted by molar-refractivity contribution is 5.94. The Balaban J connectivity index is 1.72. The highest BCUT2D eigenvalue weighted by Crippen LogP contribution is 2.30. The molecule has 4 nitrogen and oxygen atoms in total. The minimum Gasteiger partial charge on any atom is -0.396 e. The van der Waals surface area contributed by atoms with Crippen molar-refractivity contribution in [3.63, 3.8) is 0 Å². The van der Waals surface area contributed by atoms with Crippen molar-refractivity contribution in [2.75, 3.05) is 11.1 Å². The molecule has 0 unspecified atom stereocenters. The van der Waals surface area contributed by atoms with E-state index in [0.717, 1.165) is 22.2 Å². The number of nitrogens with two attached hydrogens (primary N) is 1. The van der Waals surface area contributed by atoms with E-state index in [2.05, 4.69) is 41.5 Å². The topological polar surface area (TPSA) is 63.8 Å². The maximum absolute atomic E-state index is 6.17. The fraction of sp³-hybridized carbons (Fsp3) is 0.0909. The van der Waals surface area contributed by atoms with Crippen LogP contribution in [0.4, 0.5) is 11.5 Å². The highest BCUT2D eigenvalue weighted by Gasteiger charge is 2.11. The van der Waals surface area contributed by atoms with Crippen molar-refractivity contribution in [3.05, 3.63) is 84.6 Å². The Morgan fingerprint density at radius 2 is 1.73 bits per heavy atom. The van der Waals surface area contributed by atoms with E-state index in [1.165, 1.54) is 5.56 Å². The van der Waals surface area contributed by atoms with Crippen LogP contribution in [0.3, 0.4) is 0 Å². The highest BCUT2D eigenvalue weighted by atomic mass is 15.0. The van der Waals surface area contributed by atoms with Crippen LogP contribution in [0.1, 0.15) is 18.5 Å². The number of nitrogen functional groups attached to an aromatic ring is 1. The lowest BCUT2D eigenvalue weighted by Gasteiger charge is -2.17. The molecule has 26 heavy (non-hydrogen) atoms. The van der Waals surface area contributed by atoms with E-state index in [9.17, 15) is 0 Å². The molecule has 0 aliphatic heterocycles. The van der Waals surface area contributed by atoms with Gasteiger partial charge >= 0.3 is 0 Å². The van der Waals surface area contributed by atoms with Gasteiger partial charge in [0, 0.05) is 17.1 Å². The lowest BCUT2D eigenvalue weighted by atomic mass is 10.0. The zero-order valence-corrected chi connectivity index (χ0v) is 14.6. The van der Waals surface area contributed by atoms with Gasteiger partial charge in [0.05, 0.1) is 22.9 Å². The lowest BCUT2D eigenvalue weighted by molar-refractivity contribution is 0.876. The van der Waals surface area contributed by atoms with Crippen LogP contribution < -0.4 is 11.1 Å². The van der Waals surface area contributed by atoms with Crippen LogP contribution in [0, 0.1) is 0 Å². The fourth-order valence-electron chi connectivity index (χ4n) is 3.09. The number of hydrogen-bond donors (Lipinski definition) is 2. The molecule has 2 heterocycles. The quantitative estimate of drug-likeness (QED) is 0.545. The lowest BCUT2D eigenvalue weighted by Crippen LogP contribution is -2.10. The molecule has 3 N–H and O–H groups in total. The average molecular weight is 340 g/mol. The van der Waals surface area contributed by atoms with E-state index < -0.39 is 0 Å². The molecule has 2 aromatic heterocycles. The van der Waals surface area contributed by atoms with Gasteiger partial charge in [-0.15, -0.1) is 0 Å². The summed E-state index contributed by atoms with van der Waals surface area (Å²) in [5.41, 5.74) is 10.9. The second-order valence-corrected chi connectivity index (χ2v) is 6.29. The molecule has 0 fully saturated rings. The summed E-state index contributed by atoms with van der Waals surface area (Å²) in [5.74, 6) is 0.694. The summed E-state index contributed by atoms with van der Waals surface area (Å²) >= 11 is 0. The van der Waals surface area contributed by atoms with Crippen molar-refractivity contribution in [1.29, 1.82) is 0 Å². The van der Waals surface area contributed by atoms with E-state index in [-0.39, 0.29) is 6.04 Å². The molecule has 0 amide bonds. The molecule has 1 atom stereocenters. The SMILES string of the molecule is C[C@@H](Nc1nc(-c2cccc3ncccc23)ccc1N)c1ccccc1. The zero-order valence-electron chi connectivity index (χ0n) is 14.6. The number of nitrogens with zero attached hydrogens (tertiary/aromatic N) is 2. The largest absolute Gasteiger partial charge is 0.396 e. The van der Waals surface area contributed by atoms with Gasteiger partial charge in [-0.25, -0.2) is 4.98 Å². The summed E-state index contributed by atoms with van der Waals surface area (Å²) in [6.45, 7) is 2.10. The van der Waals surface area contributed by atoms with Crippen LogP contribution in [0.5, 0.6) is 0 Å². The monoisotopic (exact) mass is 340 g/mol. The molecule has 4 aromatic rings. The summed E-state index contributed by atoms with van der Waals surface area (Å²) in [5, 5.41) is 4.51. The Bertz CT molecular complexity index is 1040. The van der Waals surface area contributed by atoms with Gasteiger partial charge in [-0.3, -0.25) is 4.98 Å². The van der Waals surface area contributed by atoms with Crippen molar-refractivity contribution in [3.8, 4) is 11.3 Å². The summed E-state index contributed by atoms with van der Waals surface area (Å²) in [4.78, 5) is 9.22. The van der Waals surface area contributed by atoms with E-state index in [0.29, 0.717) is 11.5 Å². The Morgan fingerprint density at radius 3 is 2.58 bits per heavy atom. The molecule has 4 rings (SSSR count). The molecule has 0 saturated carbocycles. The molecule has 2 aromatic carbocycles. The summed E-state index contributed by atoms with van der Waals surface area (Å²) in [6.07, 6.45) is 1.80. The van der Waals surface area contributed by atoms with Crippen LogP contribution in [-0.2, 0) is 0 Å². The van der Waals surface area contributed by atoms with E-state index in [1.807, 2.05) is 48.5 Å². The molecule has 0 aliphatic carbocycles. The minimum atomic E-state index is 0.107. The predicted molar refractivity (Wildman–Crippen MR) is 108 cm³/mol. The molecule has 128 valence electrons. The first kappa shape index (κ1) is 16.1. The van der Waals surface area contributed by atoms with Gasteiger partial charge in [-0.05, 0) is 36.8 Å². The Kier molecular flexibility index (Phi) is 4.23. The smallest absolute Gasteiger partial charge is 0.150 e. The normalized spacial score (nSPS) is 12.0. The predicted octanol–water partition coefficient (Wildman–Crippen LogP) is 5.05. The molecule has 0 spiro atoms. The third kappa shape index (κ3) is 3.09. The first-order chi connectivity index (χ1) is 12.7. The molecule has 4 heteroatoms. The van der Waals surface area contributed by atoms with E-state index in [1.54, 1.807) is 6.20 Å². The van der Waals surface area contributed by atoms with Crippen molar-refractivity contribution >= 4 is 22.4 Å². The first-order valence-corrected chi connectivity index (χ1v) is 8.64. The van der Waals surface area contributed by atoms with Gasteiger partial charge in [-0.1, -0.05) is 48.5 Å². The van der Waals surface area contributed by atoms with Gasteiger partial charge in [-0.2, -0.15) is 0 Å². The Labute approximate surface area is 152 Å². The number of anilines is 2. The van der Waals surface area contributed by atoms with Crippen molar-refractivity contribution in [2.24, 2.45) is 0 Å². The van der Waals surface area contributed by atoms with Crippen LogP contribution >= 0.6 is 0 Å². The van der Waals surface area contributed by atoms with Crippen LogP contribution in [0.15, 0.2) is 79.0 Å². The minimum absolute atomic E-state index is 0.107. The van der Waals surface area contributed by atoms with E-state index >= 15 is 0 Å². The molecular formula is C22H20N4. The van der Waals surface area contributed by atoms with Gasteiger partial charge in [0.2, 0.25) is 0 Å². The van der Waals surface area contributed by atoms with Crippen LogP contribution in [-0.4, -0.2) is 9.97 Å². The number of fused-ring (bicyclic) bond motifs is 1. The number of benzene rings is 2. The Morgan fingerprint density at radius 1 is 0.885 bits per heavy atom. The Hall–Kier alpha value is -3.40. The summed E-state index contributed by atoms with van der Waals surface area (Å²) in [6, 6.07) is 24.3. The maximum atomic E-state index is 6.17. The standard InChI is InChI=1S/C22H20N4/c1-15(16-7-3-2-4-8-16)25-22-19(23)12-13-21(26-22)18-9-5-11-20-17(18)10-6-14-24-20/h2-15H,23H2,1H3,(H,25,26)/t15-/m1/s1. The molecule has 0 radical (unpaired) electrons. The zero-order chi connectivity index (χ0) is 17.9. The van der Waals surface area contributed by atoms with Gasteiger partial charge in [0.25, 0.3) is 0 Å². The molecule has 0 saturated heterocycles. The van der Waals surface area contributed by atoms with Crippen LogP contribution in [0.2, 0.25) is 0 Å². The molecular weight excluding hydrogens is 320 g/mol. The number of aromatic nitrogens is 2. The molecule has 0 bridgehead atoms. The fourth-order valence-corrected chi connectivity index (χ4v) is 3.09. The van der Waals surface area contributed by atoms with Gasteiger partial charge < -0.3 is 11.1 Å². The van der Waals surface area contributed by atoms with Gasteiger partial charge in [0.15, 0.2) is 0 Å². The van der Waals surface area contributed by atoms with Crippen molar-refractivity contribution in [1.82, 2.24) is 9.97 Å². The first-order valence-electron chi connectivity index (χ1n) is 8.64. The number of pyridine rings is 2. The number of rotatable bonds is 4. The average Bonchev–Trinajstić information content (AvgIpc) is 2.70. The third-order valence-electron chi connectivity index (χ3n) is 4.50. The van der Waals surface area contributed by atoms with Gasteiger partial charge in [0.1, 0.15) is 5.82 Å². The van der Waals surface area contributed by atoms with Crippen LogP contribution in [0.25, 0.3) is 22.2 Å². The second-order valence-electron chi connectivity index (χ2n) is 6.29. The van der Waals surface area contributed by atoms with E-state index in [4.69, 9.17) is 10.7 Å².